The minimum Gasteiger partial charge on any atom is -0.461 e. The minimum atomic E-state index is -0.545. The maximum atomic E-state index is 13.6. The number of amides is 1. The molecule has 3 rings (SSSR count). The summed E-state index contributed by atoms with van der Waals surface area (Å²) in [4.78, 5) is 12.0. The molecule has 0 aliphatic carbocycles. The molecular weight excluding hydrogens is 355 g/mol. The monoisotopic (exact) mass is 366 g/mol. The van der Waals surface area contributed by atoms with Crippen molar-refractivity contribution in [3.63, 3.8) is 0 Å². The Morgan fingerprint density at radius 1 is 1.42 bits per heavy atom. The summed E-state index contributed by atoms with van der Waals surface area (Å²) in [6.45, 7) is 0. The molecule has 124 valence electrons. The van der Waals surface area contributed by atoms with Crippen LogP contribution in [0.15, 0.2) is 46.2 Å². The first kappa shape index (κ1) is 16.5. The molecule has 0 radical (unpaired) electrons. The fraction of sp³-hybridized carbons (Fsp3) is 0.133. The van der Waals surface area contributed by atoms with Gasteiger partial charge in [-0.05, 0) is 30.3 Å². The van der Waals surface area contributed by atoms with Crippen molar-refractivity contribution in [2.75, 3.05) is 11.1 Å². The van der Waals surface area contributed by atoms with Gasteiger partial charge in [0.25, 0.3) is 0 Å². The molecule has 9 heteroatoms. The Bertz CT molecular complexity index is 866. The average Bonchev–Trinajstić information content (AvgIpc) is 3.18. The molecule has 0 aliphatic rings. The number of furan rings is 1. The first-order valence-corrected chi connectivity index (χ1v) is 8.22. The smallest absolute Gasteiger partial charge is 0.234 e. The fourth-order valence-electron chi connectivity index (χ4n) is 1.97. The van der Waals surface area contributed by atoms with Gasteiger partial charge in [0.1, 0.15) is 5.82 Å². The van der Waals surface area contributed by atoms with Crippen LogP contribution in [0.5, 0.6) is 0 Å². The van der Waals surface area contributed by atoms with Gasteiger partial charge in [0, 0.05) is 12.1 Å². The zero-order valence-corrected chi connectivity index (χ0v) is 14.1. The number of benzene rings is 1. The molecule has 1 amide bonds. The number of hydrogen-bond donors (Lipinski definition) is 1. The highest BCUT2D eigenvalue weighted by molar-refractivity contribution is 7.99. The highest BCUT2D eigenvalue weighted by Crippen LogP contribution is 2.24. The summed E-state index contributed by atoms with van der Waals surface area (Å²) in [6, 6.07) is 7.49. The van der Waals surface area contributed by atoms with Crippen LogP contribution in [-0.2, 0) is 11.8 Å². The van der Waals surface area contributed by atoms with Gasteiger partial charge in [0.15, 0.2) is 16.7 Å². The number of aromatic nitrogens is 3. The van der Waals surface area contributed by atoms with Gasteiger partial charge in [-0.3, -0.25) is 4.79 Å². The molecule has 0 spiro atoms. The molecule has 0 fully saturated rings. The number of carbonyl (C=O) groups excluding carboxylic acids is 1. The summed E-state index contributed by atoms with van der Waals surface area (Å²) in [5.74, 6) is 0.280. The Hall–Kier alpha value is -2.32. The van der Waals surface area contributed by atoms with Gasteiger partial charge in [-0.25, -0.2) is 4.39 Å². The summed E-state index contributed by atoms with van der Waals surface area (Å²) < 4.78 is 20.6. The minimum absolute atomic E-state index is 0.0438. The van der Waals surface area contributed by atoms with Crippen molar-refractivity contribution in [1.29, 1.82) is 0 Å². The van der Waals surface area contributed by atoms with E-state index in [1.165, 1.54) is 30.0 Å². The predicted molar refractivity (Wildman–Crippen MR) is 89.5 cm³/mol. The topological polar surface area (TPSA) is 73.0 Å². The van der Waals surface area contributed by atoms with E-state index in [0.717, 1.165) is 0 Å². The quantitative estimate of drug-likeness (QED) is 0.698. The third kappa shape index (κ3) is 3.60. The predicted octanol–water partition coefficient (Wildman–Crippen LogP) is 3.60. The molecular formula is C15H12ClFN4O2S. The van der Waals surface area contributed by atoms with Crippen molar-refractivity contribution in [1.82, 2.24) is 14.8 Å². The van der Waals surface area contributed by atoms with Gasteiger partial charge < -0.3 is 14.3 Å². The summed E-state index contributed by atoms with van der Waals surface area (Å²) in [5, 5.41) is 11.4. The third-order valence-electron chi connectivity index (χ3n) is 3.11. The molecule has 0 unspecified atom stereocenters. The Morgan fingerprint density at radius 3 is 3.00 bits per heavy atom. The van der Waals surface area contributed by atoms with E-state index in [1.807, 2.05) is 0 Å². The third-order valence-corrected chi connectivity index (χ3v) is 4.37. The number of thioether (sulfide) groups is 1. The molecule has 0 saturated heterocycles. The maximum absolute atomic E-state index is 13.6. The lowest BCUT2D eigenvalue weighted by atomic mass is 10.3. The van der Waals surface area contributed by atoms with Crippen LogP contribution in [0.4, 0.5) is 10.1 Å². The Kier molecular flexibility index (Phi) is 4.86. The van der Waals surface area contributed by atoms with Crippen LogP contribution in [0.3, 0.4) is 0 Å². The van der Waals surface area contributed by atoms with Gasteiger partial charge in [0.2, 0.25) is 5.91 Å². The maximum Gasteiger partial charge on any atom is 0.234 e. The molecule has 0 bridgehead atoms. The second kappa shape index (κ2) is 7.06. The summed E-state index contributed by atoms with van der Waals surface area (Å²) in [6.07, 6.45) is 1.55. The largest absolute Gasteiger partial charge is 0.461 e. The summed E-state index contributed by atoms with van der Waals surface area (Å²) in [7, 11) is 1.77. The Morgan fingerprint density at radius 2 is 2.25 bits per heavy atom. The van der Waals surface area contributed by atoms with Crippen LogP contribution in [0, 0.1) is 5.82 Å². The molecule has 0 atom stereocenters. The first-order valence-electron chi connectivity index (χ1n) is 6.85. The second-order valence-corrected chi connectivity index (χ2v) is 6.18. The van der Waals surface area contributed by atoms with E-state index in [-0.39, 0.29) is 17.3 Å². The standard InChI is InChI=1S/C15H12ClFN4O2S/c1-21-14(12-3-2-6-23-12)19-20-15(21)24-8-13(22)18-11-7-9(16)4-5-10(11)17/h2-7H,8H2,1H3,(H,18,22). The first-order chi connectivity index (χ1) is 11.5. The molecule has 24 heavy (non-hydrogen) atoms. The van der Waals surface area contributed by atoms with Gasteiger partial charge in [-0.1, -0.05) is 23.4 Å². The van der Waals surface area contributed by atoms with Gasteiger partial charge in [0.05, 0.1) is 17.7 Å². The number of rotatable bonds is 5. The highest BCUT2D eigenvalue weighted by Gasteiger charge is 2.15. The molecule has 6 nitrogen and oxygen atoms in total. The van der Waals surface area contributed by atoms with Crippen LogP contribution in [0.1, 0.15) is 0 Å². The van der Waals surface area contributed by atoms with E-state index in [4.69, 9.17) is 16.0 Å². The molecule has 0 saturated carbocycles. The van der Waals surface area contributed by atoms with E-state index in [9.17, 15) is 9.18 Å². The lowest BCUT2D eigenvalue weighted by Gasteiger charge is -2.06. The zero-order chi connectivity index (χ0) is 17.1. The van der Waals surface area contributed by atoms with Crippen molar-refractivity contribution in [3.05, 3.63) is 47.4 Å². The number of carbonyl (C=O) groups is 1. The van der Waals surface area contributed by atoms with Gasteiger partial charge >= 0.3 is 0 Å². The second-order valence-electron chi connectivity index (χ2n) is 4.80. The van der Waals surface area contributed by atoms with Crippen LogP contribution < -0.4 is 5.32 Å². The van der Waals surface area contributed by atoms with Gasteiger partial charge in [-0.15, -0.1) is 10.2 Å². The van der Waals surface area contributed by atoms with Crippen molar-refractivity contribution >= 4 is 35.0 Å². The summed E-state index contributed by atoms with van der Waals surface area (Å²) >= 11 is 6.97. The number of hydrogen-bond acceptors (Lipinski definition) is 5. The fourth-order valence-corrected chi connectivity index (χ4v) is 2.85. The number of halogens is 2. The number of nitrogens with one attached hydrogen (secondary N) is 1. The molecule has 1 N–H and O–H groups in total. The van der Waals surface area contributed by atoms with E-state index >= 15 is 0 Å². The van der Waals surface area contributed by atoms with Gasteiger partial charge in [-0.2, -0.15) is 0 Å². The highest BCUT2D eigenvalue weighted by atomic mass is 35.5. The van der Waals surface area contributed by atoms with Crippen molar-refractivity contribution in [2.24, 2.45) is 7.05 Å². The van der Waals surface area contributed by atoms with Crippen molar-refractivity contribution in [3.8, 4) is 11.6 Å². The number of anilines is 1. The van der Waals surface area contributed by atoms with E-state index in [2.05, 4.69) is 15.5 Å². The molecule has 2 heterocycles. The molecule has 2 aromatic heterocycles. The molecule has 3 aromatic rings. The van der Waals surface area contributed by atoms with E-state index < -0.39 is 5.82 Å². The van der Waals surface area contributed by atoms with Crippen molar-refractivity contribution < 1.29 is 13.6 Å². The molecule has 1 aromatic carbocycles. The lowest BCUT2D eigenvalue weighted by Crippen LogP contribution is -2.15. The van der Waals surface area contributed by atoms with Crippen LogP contribution in [0.25, 0.3) is 11.6 Å². The lowest BCUT2D eigenvalue weighted by molar-refractivity contribution is -0.113. The SMILES string of the molecule is Cn1c(SCC(=O)Nc2cc(Cl)ccc2F)nnc1-c1ccco1. The normalized spacial score (nSPS) is 10.8. The number of nitrogens with zero attached hydrogens (tertiary/aromatic N) is 3. The average molecular weight is 367 g/mol. The van der Waals surface area contributed by atoms with Crippen LogP contribution in [-0.4, -0.2) is 26.4 Å². The Labute approximate surface area is 146 Å². The van der Waals surface area contributed by atoms with E-state index in [0.29, 0.717) is 21.8 Å². The molecule has 0 aliphatic heterocycles. The zero-order valence-electron chi connectivity index (χ0n) is 12.5. The summed E-state index contributed by atoms with van der Waals surface area (Å²) in [5.41, 5.74) is 0.0438. The van der Waals surface area contributed by atoms with Crippen molar-refractivity contribution in [2.45, 2.75) is 5.16 Å². The Balaban J connectivity index is 1.64. The van der Waals surface area contributed by atoms with Crippen LogP contribution in [0.2, 0.25) is 5.02 Å². The van der Waals surface area contributed by atoms with Crippen LogP contribution >= 0.6 is 23.4 Å². The van der Waals surface area contributed by atoms with E-state index in [1.54, 1.807) is 30.0 Å².